The lowest BCUT2D eigenvalue weighted by molar-refractivity contribution is -0.0703. The highest BCUT2D eigenvalue weighted by Crippen LogP contribution is 2.44. The number of carbonyl (C=O) groups excluding carboxylic acids is 1. The summed E-state index contributed by atoms with van der Waals surface area (Å²) in [4.78, 5) is 19.0. The zero-order chi connectivity index (χ0) is 26.5. The molecule has 200 valence electrons. The lowest BCUT2D eigenvalue weighted by Crippen LogP contribution is -2.55. The van der Waals surface area contributed by atoms with Crippen LogP contribution in [-0.4, -0.2) is 52.0 Å². The van der Waals surface area contributed by atoms with Crippen molar-refractivity contribution in [2.45, 2.75) is 50.0 Å². The molecule has 1 saturated carbocycles. The van der Waals surface area contributed by atoms with Crippen LogP contribution in [0.4, 0.5) is 23.8 Å². The second-order valence-electron chi connectivity index (χ2n) is 9.98. The summed E-state index contributed by atoms with van der Waals surface area (Å²) in [6.45, 7) is -1.37. The van der Waals surface area contributed by atoms with Gasteiger partial charge in [0.2, 0.25) is 0 Å². The molecule has 4 heterocycles. The number of rotatable bonds is 5. The Balaban J connectivity index is 1.23. The van der Waals surface area contributed by atoms with Gasteiger partial charge >= 0.3 is 12.6 Å². The molecule has 6 rings (SSSR count). The van der Waals surface area contributed by atoms with Gasteiger partial charge in [0.1, 0.15) is 11.4 Å². The number of carbonyl (C=O) groups is 1. The molecule has 2 aromatic heterocycles. The van der Waals surface area contributed by atoms with E-state index < -0.39 is 17.8 Å². The first-order valence-electron chi connectivity index (χ1n) is 12.5. The van der Waals surface area contributed by atoms with Gasteiger partial charge < -0.3 is 25.4 Å². The smallest absolute Gasteiger partial charge is 0.387 e. The van der Waals surface area contributed by atoms with Crippen LogP contribution in [-0.2, 0) is 22.4 Å². The lowest BCUT2D eigenvalue weighted by Gasteiger charge is -2.44. The highest BCUT2D eigenvalue weighted by molar-refractivity contribution is 5.76. The first kappa shape index (κ1) is 24.5. The number of nitrogens with zero attached hydrogens (tertiary/aromatic N) is 4. The molecule has 9 nitrogen and oxygen atoms in total. The number of halogens is 3. The van der Waals surface area contributed by atoms with E-state index in [9.17, 15) is 18.0 Å². The van der Waals surface area contributed by atoms with Gasteiger partial charge in [-0.1, -0.05) is 18.2 Å². The number of amides is 2. The maximum atomic E-state index is 14.6. The second kappa shape index (κ2) is 9.19. The van der Waals surface area contributed by atoms with Crippen LogP contribution in [0.3, 0.4) is 0 Å². The molecule has 2 amide bonds. The third-order valence-corrected chi connectivity index (χ3v) is 7.78. The first-order valence-corrected chi connectivity index (χ1v) is 12.5. The number of pyridine rings is 1. The van der Waals surface area contributed by atoms with Gasteiger partial charge in [-0.05, 0) is 37.5 Å². The van der Waals surface area contributed by atoms with Crippen molar-refractivity contribution in [2.75, 3.05) is 25.4 Å². The summed E-state index contributed by atoms with van der Waals surface area (Å²) in [5.74, 6) is -0.690. The van der Waals surface area contributed by atoms with E-state index in [-0.39, 0.29) is 23.4 Å². The van der Waals surface area contributed by atoms with E-state index in [0.717, 1.165) is 12.1 Å². The van der Waals surface area contributed by atoms with Crippen molar-refractivity contribution < 1.29 is 27.4 Å². The topological polar surface area (TPSA) is 108 Å². The number of nitrogens with one attached hydrogen (secondary N) is 1. The number of nitrogens with two attached hydrogens (primary N) is 1. The number of urea groups is 1. The molecule has 2 fully saturated rings. The fraction of sp³-hybridized carbons (Fsp3) is 0.423. The molecule has 1 saturated heterocycles. The van der Waals surface area contributed by atoms with Crippen LogP contribution in [0.1, 0.15) is 36.9 Å². The SMILES string of the molecule is Nc1ncc(-c2cc3n(n2)CCOC32CCN(C(=O)NC3(c4ccccc4F)CCC3)C2)cc1OC(F)F. The summed E-state index contributed by atoms with van der Waals surface area (Å²) in [7, 11) is 0. The van der Waals surface area contributed by atoms with E-state index in [0.29, 0.717) is 62.3 Å². The normalized spacial score (nSPS) is 21.8. The molecule has 1 spiro atoms. The molecule has 1 aromatic carbocycles. The number of ether oxygens (including phenoxy) is 2. The molecule has 1 aliphatic carbocycles. The average molecular weight is 529 g/mol. The van der Waals surface area contributed by atoms with Gasteiger partial charge in [-0.2, -0.15) is 13.9 Å². The minimum absolute atomic E-state index is 0.144. The van der Waals surface area contributed by atoms with E-state index >= 15 is 0 Å². The minimum atomic E-state index is -3.03. The van der Waals surface area contributed by atoms with Gasteiger partial charge in [-0.3, -0.25) is 4.68 Å². The van der Waals surface area contributed by atoms with Crippen LogP contribution in [0.15, 0.2) is 42.6 Å². The molecule has 3 aromatic rings. The van der Waals surface area contributed by atoms with Gasteiger partial charge in [0.05, 0.1) is 36.6 Å². The Bertz CT molecular complexity index is 1380. The summed E-state index contributed by atoms with van der Waals surface area (Å²) < 4.78 is 52.7. The number of anilines is 1. The third-order valence-electron chi connectivity index (χ3n) is 7.78. The van der Waals surface area contributed by atoms with Crippen LogP contribution >= 0.6 is 0 Å². The monoisotopic (exact) mass is 528 g/mol. The fourth-order valence-corrected chi connectivity index (χ4v) is 5.69. The minimum Gasteiger partial charge on any atom is -0.431 e. The summed E-state index contributed by atoms with van der Waals surface area (Å²) in [6.07, 6.45) is 4.27. The summed E-state index contributed by atoms with van der Waals surface area (Å²) in [5, 5.41) is 7.75. The van der Waals surface area contributed by atoms with Crippen LogP contribution in [0, 0.1) is 5.82 Å². The Morgan fingerprint density at radius 2 is 2.00 bits per heavy atom. The number of fused-ring (bicyclic) bond motifs is 2. The lowest BCUT2D eigenvalue weighted by atomic mass is 9.71. The Kier molecular flexibility index (Phi) is 5.93. The molecule has 3 N–H and O–H groups in total. The summed E-state index contributed by atoms with van der Waals surface area (Å²) >= 11 is 0. The molecule has 3 aliphatic rings. The van der Waals surface area contributed by atoms with Crippen molar-refractivity contribution >= 4 is 11.8 Å². The molecule has 0 radical (unpaired) electrons. The zero-order valence-electron chi connectivity index (χ0n) is 20.5. The number of hydrogen-bond donors (Lipinski definition) is 2. The number of nitrogen functional groups attached to an aromatic ring is 1. The molecule has 0 bridgehead atoms. The van der Waals surface area contributed by atoms with Crippen LogP contribution in [0.25, 0.3) is 11.3 Å². The number of benzene rings is 1. The van der Waals surface area contributed by atoms with E-state index in [1.54, 1.807) is 23.1 Å². The highest BCUT2D eigenvalue weighted by Gasteiger charge is 2.49. The van der Waals surface area contributed by atoms with Crippen molar-refractivity contribution in [2.24, 2.45) is 0 Å². The number of aromatic nitrogens is 3. The molecular weight excluding hydrogens is 501 g/mol. The average Bonchev–Trinajstić information content (AvgIpc) is 3.49. The van der Waals surface area contributed by atoms with Gasteiger partial charge in [0.15, 0.2) is 11.6 Å². The Morgan fingerprint density at radius 1 is 1.18 bits per heavy atom. The molecule has 38 heavy (non-hydrogen) atoms. The molecule has 1 atom stereocenters. The second-order valence-corrected chi connectivity index (χ2v) is 9.98. The maximum absolute atomic E-state index is 14.6. The quantitative estimate of drug-likeness (QED) is 0.519. The molecule has 12 heteroatoms. The van der Waals surface area contributed by atoms with Gasteiger partial charge in [0.25, 0.3) is 0 Å². The number of hydrogen-bond acceptors (Lipinski definition) is 6. The Morgan fingerprint density at radius 3 is 2.74 bits per heavy atom. The van der Waals surface area contributed by atoms with Gasteiger partial charge in [0, 0.05) is 30.3 Å². The number of likely N-dealkylation sites (tertiary alicyclic amines) is 1. The summed E-state index contributed by atoms with van der Waals surface area (Å²) in [5.41, 5.74) is 6.47. The van der Waals surface area contributed by atoms with Crippen LogP contribution in [0.2, 0.25) is 0 Å². The molecule has 1 unspecified atom stereocenters. The molecular formula is C26H27F3N6O3. The van der Waals surface area contributed by atoms with Gasteiger partial charge in [-0.15, -0.1) is 0 Å². The van der Waals surface area contributed by atoms with Crippen molar-refractivity contribution in [1.82, 2.24) is 25.0 Å². The largest absolute Gasteiger partial charge is 0.431 e. The van der Waals surface area contributed by atoms with E-state index in [1.165, 1.54) is 18.3 Å². The van der Waals surface area contributed by atoms with E-state index in [4.69, 9.17) is 10.5 Å². The third kappa shape index (κ3) is 4.12. The Hall–Kier alpha value is -3.80. The highest BCUT2D eigenvalue weighted by atomic mass is 19.3. The van der Waals surface area contributed by atoms with E-state index in [2.05, 4.69) is 20.1 Å². The van der Waals surface area contributed by atoms with Crippen molar-refractivity contribution in [3.8, 4) is 17.0 Å². The number of alkyl halides is 2. The maximum Gasteiger partial charge on any atom is 0.387 e. The van der Waals surface area contributed by atoms with Crippen LogP contribution in [0.5, 0.6) is 5.75 Å². The first-order chi connectivity index (χ1) is 18.3. The predicted octanol–water partition coefficient (Wildman–Crippen LogP) is 3.99. The summed E-state index contributed by atoms with van der Waals surface area (Å²) in [6, 6.07) is 9.51. The van der Waals surface area contributed by atoms with Crippen molar-refractivity contribution in [3.63, 3.8) is 0 Å². The Labute approximate surface area is 216 Å². The zero-order valence-corrected chi connectivity index (χ0v) is 20.5. The van der Waals surface area contributed by atoms with Gasteiger partial charge in [-0.25, -0.2) is 14.2 Å². The fourth-order valence-electron chi connectivity index (χ4n) is 5.69. The molecule has 2 aliphatic heterocycles. The van der Waals surface area contributed by atoms with Crippen molar-refractivity contribution in [1.29, 1.82) is 0 Å². The predicted molar refractivity (Wildman–Crippen MR) is 131 cm³/mol. The van der Waals surface area contributed by atoms with E-state index in [1.807, 2.05) is 10.7 Å². The van der Waals surface area contributed by atoms with Crippen LogP contribution < -0.4 is 15.8 Å². The van der Waals surface area contributed by atoms with Crippen molar-refractivity contribution in [3.05, 3.63) is 59.7 Å². The standard InChI is InChI=1S/C26H27F3N6O3/c27-18-5-2-1-4-17(18)25(6-3-7-25)32-24(36)34-9-8-26(15-34)21-13-19(33-35(21)10-11-37-26)16-12-20(38-23(28)29)22(30)31-14-16/h1-2,4-5,12-14,23H,3,6-11,15H2,(H2,30,31)(H,32,36).